The van der Waals surface area contributed by atoms with Gasteiger partial charge in [0.05, 0.1) is 11.6 Å². The molecule has 0 heterocycles. The number of nitrogens with one attached hydrogen (secondary N) is 1. The Morgan fingerprint density at radius 1 is 0.692 bits per heavy atom. The first-order valence-corrected chi connectivity index (χ1v) is 9.99. The van der Waals surface area contributed by atoms with E-state index in [4.69, 9.17) is 0 Å². The van der Waals surface area contributed by atoms with Crippen LogP contribution in [-0.2, 0) is 0 Å². The Bertz CT molecular complexity index is 782. The Morgan fingerprint density at radius 2 is 1.12 bits per heavy atom. The number of benzene rings is 3. The van der Waals surface area contributed by atoms with Crippen LogP contribution < -0.4 is 5.32 Å². The Kier molecular flexibility index (Phi) is 6.93. The summed E-state index contributed by atoms with van der Waals surface area (Å²) in [7, 11) is 0. The van der Waals surface area contributed by atoms with Gasteiger partial charge < -0.3 is 5.32 Å². The van der Waals surface area contributed by atoms with Crippen molar-refractivity contribution in [1.82, 2.24) is 0 Å². The van der Waals surface area contributed by atoms with E-state index in [0.29, 0.717) is 0 Å². The van der Waals surface area contributed by atoms with Crippen LogP contribution in [0.3, 0.4) is 0 Å². The summed E-state index contributed by atoms with van der Waals surface area (Å²) in [5, 5.41) is 3.65. The van der Waals surface area contributed by atoms with Gasteiger partial charge >= 0.3 is 0 Å². The third kappa shape index (κ3) is 4.50. The molecule has 3 aromatic rings. The van der Waals surface area contributed by atoms with Crippen LogP contribution in [0, 0.1) is 20.8 Å². The van der Waals surface area contributed by atoms with Gasteiger partial charge in [0.25, 0.3) is 0 Å². The van der Waals surface area contributed by atoms with Crippen molar-refractivity contribution in [1.29, 1.82) is 0 Å². The quantitative estimate of drug-likeness (QED) is 0.477. The van der Waals surface area contributed by atoms with E-state index < -0.39 is 0 Å². The molecule has 0 fully saturated rings. The lowest BCUT2D eigenvalue weighted by Gasteiger charge is -2.18. The van der Waals surface area contributed by atoms with Gasteiger partial charge in [-0.2, -0.15) is 0 Å². The number of hydrogen-bond donors (Lipinski definition) is 1. The maximum atomic E-state index is 3.65. The second-order valence-corrected chi connectivity index (χ2v) is 7.44. The molecule has 0 spiro atoms. The zero-order valence-electron chi connectivity index (χ0n) is 15.4. The molecule has 0 aliphatic rings. The Labute approximate surface area is 162 Å². The van der Waals surface area contributed by atoms with E-state index in [1.165, 1.54) is 44.6 Å². The van der Waals surface area contributed by atoms with Gasteiger partial charge in [0.1, 0.15) is 0 Å². The van der Waals surface area contributed by atoms with Crippen LogP contribution in [0.4, 0.5) is 5.69 Å². The normalized spacial score (nSPS) is 10.3. The molecule has 26 heavy (non-hydrogen) atoms. The molecule has 3 rings (SSSR count). The molecule has 0 unspecified atom stereocenters. The van der Waals surface area contributed by atoms with Crippen LogP contribution in [0.25, 0.3) is 22.3 Å². The minimum atomic E-state index is 0. The van der Waals surface area contributed by atoms with Crippen LogP contribution in [-0.4, -0.2) is 12.1 Å². The van der Waals surface area contributed by atoms with Crippen LogP contribution in [0.5, 0.6) is 0 Å². The van der Waals surface area contributed by atoms with Crippen molar-refractivity contribution in [2.75, 3.05) is 17.4 Å². The minimum Gasteiger partial charge on any atom is -0.375 e. The highest BCUT2D eigenvalue weighted by atomic mass is 32.2. The average molecular weight is 364 g/mol. The second kappa shape index (κ2) is 8.95. The molecule has 0 radical (unpaired) electrons. The second-order valence-electron chi connectivity index (χ2n) is 6.58. The molecular weight excluding hydrogens is 334 g/mol. The first-order valence-electron chi connectivity index (χ1n) is 8.60. The third-order valence-electron chi connectivity index (χ3n) is 4.40. The Morgan fingerprint density at radius 3 is 1.50 bits per heavy atom. The molecule has 0 atom stereocenters. The topological polar surface area (TPSA) is 12.0 Å². The first-order chi connectivity index (χ1) is 12.1. The molecule has 0 bridgehead atoms. The van der Waals surface area contributed by atoms with E-state index in [-0.39, 0.29) is 7.43 Å². The van der Waals surface area contributed by atoms with E-state index in [1.807, 2.05) is 0 Å². The fraction of sp³-hybridized carbons (Fsp3) is 0.250. The van der Waals surface area contributed by atoms with Crippen LogP contribution in [0.15, 0.2) is 60.7 Å². The van der Waals surface area contributed by atoms with E-state index >= 15 is 0 Å². The zero-order chi connectivity index (χ0) is 17.8. The lowest BCUT2D eigenvalue weighted by Crippen LogP contribution is -2.02. The Balaban J connectivity index is 0.00000243. The van der Waals surface area contributed by atoms with Gasteiger partial charge in [-0.1, -0.05) is 67.1 Å². The van der Waals surface area contributed by atoms with Crippen molar-refractivity contribution >= 4 is 17.4 Å². The maximum absolute atomic E-state index is 3.65. The third-order valence-corrected chi connectivity index (χ3v) is 4.83. The standard InChI is InChI=1S/C23H25NS.CH4/c1-16-5-9-19(10-6-16)21-13-18(3)14-22(23(21)24-15-25-4)20-11-7-17(2)8-12-20;/h5-14,24H,15H2,1-4H3;1H4. The van der Waals surface area contributed by atoms with E-state index in [1.54, 1.807) is 11.8 Å². The number of aryl methyl sites for hydroxylation is 3. The number of hydrogen-bond acceptors (Lipinski definition) is 2. The monoisotopic (exact) mass is 363 g/mol. The highest BCUT2D eigenvalue weighted by molar-refractivity contribution is 7.98. The number of thioether (sulfide) groups is 1. The van der Waals surface area contributed by atoms with Gasteiger partial charge in [0.15, 0.2) is 0 Å². The predicted molar refractivity (Wildman–Crippen MR) is 120 cm³/mol. The molecule has 1 nitrogen and oxygen atoms in total. The number of rotatable bonds is 5. The average Bonchev–Trinajstić information content (AvgIpc) is 2.61. The maximum Gasteiger partial charge on any atom is 0.0608 e. The zero-order valence-corrected chi connectivity index (χ0v) is 16.2. The summed E-state index contributed by atoms with van der Waals surface area (Å²) in [6.07, 6.45) is 2.12. The smallest absolute Gasteiger partial charge is 0.0608 e. The summed E-state index contributed by atoms with van der Waals surface area (Å²) < 4.78 is 0. The summed E-state index contributed by atoms with van der Waals surface area (Å²) in [6.45, 7) is 6.43. The summed E-state index contributed by atoms with van der Waals surface area (Å²) in [5.41, 5.74) is 10.1. The molecule has 1 N–H and O–H groups in total. The van der Waals surface area contributed by atoms with Gasteiger partial charge in [0, 0.05) is 11.1 Å². The van der Waals surface area contributed by atoms with Crippen molar-refractivity contribution < 1.29 is 0 Å². The summed E-state index contributed by atoms with van der Waals surface area (Å²) in [4.78, 5) is 0. The molecule has 0 amide bonds. The number of anilines is 1. The summed E-state index contributed by atoms with van der Waals surface area (Å²) in [6, 6.07) is 22.2. The van der Waals surface area contributed by atoms with Crippen molar-refractivity contribution in [2.24, 2.45) is 0 Å². The van der Waals surface area contributed by atoms with Gasteiger partial charge in [-0.05, 0) is 55.9 Å². The predicted octanol–water partition coefficient (Wildman–Crippen LogP) is 7.31. The largest absolute Gasteiger partial charge is 0.375 e. The fourth-order valence-electron chi connectivity index (χ4n) is 3.04. The van der Waals surface area contributed by atoms with Crippen molar-refractivity contribution in [3.8, 4) is 22.3 Å². The van der Waals surface area contributed by atoms with E-state index in [9.17, 15) is 0 Å². The minimum absolute atomic E-state index is 0. The Hall–Kier alpha value is -2.19. The van der Waals surface area contributed by atoms with Gasteiger partial charge in [-0.3, -0.25) is 0 Å². The van der Waals surface area contributed by atoms with Crippen LogP contribution >= 0.6 is 11.8 Å². The first kappa shape index (κ1) is 20.1. The van der Waals surface area contributed by atoms with Gasteiger partial charge in [-0.25, -0.2) is 0 Å². The van der Waals surface area contributed by atoms with Crippen LogP contribution in [0.1, 0.15) is 24.1 Å². The molecule has 0 aromatic heterocycles. The van der Waals surface area contributed by atoms with E-state index in [0.717, 1.165) is 5.88 Å². The molecule has 0 aliphatic carbocycles. The van der Waals surface area contributed by atoms with Crippen molar-refractivity contribution in [3.63, 3.8) is 0 Å². The van der Waals surface area contributed by atoms with Gasteiger partial charge in [0.2, 0.25) is 0 Å². The molecular formula is C24H29NS. The van der Waals surface area contributed by atoms with Gasteiger partial charge in [-0.15, -0.1) is 11.8 Å². The fourth-order valence-corrected chi connectivity index (χ4v) is 3.33. The molecule has 136 valence electrons. The summed E-state index contributed by atoms with van der Waals surface area (Å²) in [5.74, 6) is 0.890. The van der Waals surface area contributed by atoms with Crippen LogP contribution in [0.2, 0.25) is 0 Å². The SMILES string of the molecule is C.CSCNc1c(-c2ccc(C)cc2)cc(C)cc1-c1ccc(C)cc1. The molecule has 0 aliphatic heterocycles. The highest BCUT2D eigenvalue weighted by Gasteiger charge is 2.13. The molecule has 2 heteroatoms. The highest BCUT2D eigenvalue weighted by Crippen LogP contribution is 2.38. The van der Waals surface area contributed by atoms with E-state index in [2.05, 4.69) is 93.0 Å². The van der Waals surface area contributed by atoms with Crippen molar-refractivity contribution in [2.45, 2.75) is 28.2 Å². The lowest BCUT2D eigenvalue weighted by molar-refractivity contribution is 1.39. The molecule has 0 saturated carbocycles. The van der Waals surface area contributed by atoms with Crippen molar-refractivity contribution in [3.05, 3.63) is 77.4 Å². The lowest BCUT2D eigenvalue weighted by atomic mass is 9.93. The molecule has 3 aromatic carbocycles. The summed E-state index contributed by atoms with van der Waals surface area (Å²) >= 11 is 1.80. The molecule has 0 saturated heterocycles.